The van der Waals surface area contributed by atoms with E-state index in [1.165, 1.54) is 31.3 Å². The van der Waals surface area contributed by atoms with Gasteiger partial charge >= 0.3 is 0 Å². The third-order valence-corrected chi connectivity index (χ3v) is 3.46. The molecule has 86 valence electrons. The molecular weight excluding hydrogens is 184 g/mol. The van der Waals surface area contributed by atoms with Crippen LogP contribution in [0.25, 0.3) is 0 Å². The lowest BCUT2D eigenvalue weighted by Gasteiger charge is -2.24. The van der Waals surface area contributed by atoms with E-state index in [0.29, 0.717) is 11.7 Å². The van der Waals surface area contributed by atoms with Gasteiger partial charge in [-0.15, -0.1) is 0 Å². The van der Waals surface area contributed by atoms with Crippen LogP contribution < -0.4 is 0 Å². The number of allylic oxidation sites excluding steroid dienone is 1. The molecule has 1 rings (SSSR count). The van der Waals surface area contributed by atoms with E-state index >= 15 is 0 Å². The Morgan fingerprint density at radius 2 is 2.20 bits per heavy atom. The van der Waals surface area contributed by atoms with Crippen molar-refractivity contribution < 1.29 is 4.79 Å². The van der Waals surface area contributed by atoms with Gasteiger partial charge in [-0.25, -0.2) is 0 Å². The number of ketones is 1. The van der Waals surface area contributed by atoms with Crippen LogP contribution in [0.5, 0.6) is 0 Å². The van der Waals surface area contributed by atoms with Gasteiger partial charge in [-0.2, -0.15) is 0 Å². The maximum atomic E-state index is 11.5. The Kier molecular flexibility index (Phi) is 5.67. The van der Waals surface area contributed by atoms with E-state index in [1.54, 1.807) is 0 Å². The molecule has 0 aliphatic heterocycles. The molecule has 1 nitrogen and oxygen atoms in total. The first kappa shape index (κ1) is 12.5. The molecule has 0 amide bonds. The van der Waals surface area contributed by atoms with Crippen LogP contribution >= 0.6 is 0 Å². The zero-order chi connectivity index (χ0) is 11.1. The van der Waals surface area contributed by atoms with Crippen molar-refractivity contribution >= 4 is 5.78 Å². The van der Waals surface area contributed by atoms with Crippen LogP contribution in [0.3, 0.4) is 0 Å². The van der Waals surface area contributed by atoms with Gasteiger partial charge in [0.05, 0.1) is 0 Å². The van der Waals surface area contributed by atoms with Crippen LogP contribution in [0.4, 0.5) is 0 Å². The van der Waals surface area contributed by atoms with E-state index < -0.39 is 0 Å². The van der Waals surface area contributed by atoms with Crippen molar-refractivity contribution in [1.29, 1.82) is 0 Å². The molecule has 0 heterocycles. The molecule has 1 atom stereocenters. The Morgan fingerprint density at radius 1 is 1.40 bits per heavy atom. The fourth-order valence-electron chi connectivity index (χ4n) is 2.33. The van der Waals surface area contributed by atoms with Crippen molar-refractivity contribution in [1.82, 2.24) is 0 Å². The van der Waals surface area contributed by atoms with Gasteiger partial charge in [-0.1, -0.05) is 31.9 Å². The number of carbonyl (C=O) groups is 1. The van der Waals surface area contributed by atoms with E-state index in [1.807, 2.05) is 0 Å². The molecule has 1 unspecified atom stereocenters. The van der Waals surface area contributed by atoms with Crippen molar-refractivity contribution in [3.8, 4) is 0 Å². The molecule has 1 fully saturated rings. The highest BCUT2D eigenvalue weighted by atomic mass is 16.1. The van der Waals surface area contributed by atoms with E-state index in [2.05, 4.69) is 13.5 Å². The maximum absolute atomic E-state index is 11.5. The van der Waals surface area contributed by atoms with Crippen LogP contribution in [0.2, 0.25) is 0 Å². The van der Waals surface area contributed by atoms with Gasteiger partial charge in [0.25, 0.3) is 0 Å². The van der Waals surface area contributed by atoms with Crippen LogP contribution in [0.1, 0.15) is 64.7 Å². The molecule has 0 saturated heterocycles. The molecule has 1 aliphatic carbocycles. The SMILES string of the molecule is C=C1CCCCC1CCC(=O)CCCC. The lowest BCUT2D eigenvalue weighted by atomic mass is 9.82. The predicted octanol–water partition coefficient (Wildman–Crippen LogP) is 4.27. The van der Waals surface area contributed by atoms with Gasteiger partial charge in [0.2, 0.25) is 0 Å². The third-order valence-electron chi connectivity index (χ3n) is 3.46. The van der Waals surface area contributed by atoms with E-state index in [-0.39, 0.29) is 0 Å². The number of hydrogen-bond acceptors (Lipinski definition) is 1. The normalized spacial score (nSPS) is 21.7. The molecule has 0 N–H and O–H groups in total. The molecule has 15 heavy (non-hydrogen) atoms. The van der Waals surface area contributed by atoms with Crippen molar-refractivity contribution in [2.24, 2.45) is 5.92 Å². The minimum atomic E-state index is 0.454. The molecule has 0 aromatic carbocycles. The summed E-state index contributed by atoms with van der Waals surface area (Å²) in [5, 5.41) is 0. The molecule has 0 aromatic heterocycles. The molecule has 0 bridgehead atoms. The van der Waals surface area contributed by atoms with Gasteiger partial charge in [0.15, 0.2) is 0 Å². The largest absolute Gasteiger partial charge is 0.300 e. The standard InChI is InChI=1S/C14H24O/c1-3-4-9-14(15)11-10-13-8-6-5-7-12(13)2/h13H,2-11H2,1H3. The summed E-state index contributed by atoms with van der Waals surface area (Å²) in [5.74, 6) is 1.10. The molecular formula is C14H24O. The average Bonchev–Trinajstić information content (AvgIpc) is 2.25. The minimum Gasteiger partial charge on any atom is -0.300 e. The number of rotatable bonds is 6. The summed E-state index contributed by atoms with van der Waals surface area (Å²) in [6, 6.07) is 0. The Labute approximate surface area is 93.9 Å². The Balaban J connectivity index is 2.17. The van der Waals surface area contributed by atoms with E-state index in [4.69, 9.17) is 0 Å². The van der Waals surface area contributed by atoms with Crippen LogP contribution in [0.15, 0.2) is 12.2 Å². The summed E-state index contributed by atoms with van der Waals surface area (Å²) in [6.07, 6.45) is 9.90. The summed E-state index contributed by atoms with van der Waals surface area (Å²) in [4.78, 5) is 11.5. The average molecular weight is 208 g/mol. The summed E-state index contributed by atoms with van der Waals surface area (Å²) >= 11 is 0. The quantitative estimate of drug-likeness (QED) is 0.596. The van der Waals surface area contributed by atoms with Gasteiger partial charge in [-0.05, 0) is 38.0 Å². The zero-order valence-electron chi connectivity index (χ0n) is 10.1. The summed E-state index contributed by atoms with van der Waals surface area (Å²) in [5.41, 5.74) is 1.39. The van der Waals surface area contributed by atoms with Crippen LogP contribution in [-0.4, -0.2) is 5.78 Å². The fourth-order valence-corrected chi connectivity index (χ4v) is 2.33. The fraction of sp³-hybridized carbons (Fsp3) is 0.786. The molecule has 1 heteroatoms. The summed E-state index contributed by atoms with van der Waals surface area (Å²) < 4.78 is 0. The van der Waals surface area contributed by atoms with Crippen molar-refractivity contribution in [3.05, 3.63) is 12.2 Å². The van der Waals surface area contributed by atoms with Crippen LogP contribution in [-0.2, 0) is 4.79 Å². The number of hydrogen-bond donors (Lipinski definition) is 0. The third kappa shape index (κ3) is 4.63. The van der Waals surface area contributed by atoms with Crippen molar-refractivity contribution in [3.63, 3.8) is 0 Å². The van der Waals surface area contributed by atoms with E-state index in [0.717, 1.165) is 32.1 Å². The second kappa shape index (κ2) is 6.81. The first-order valence-electron chi connectivity index (χ1n) is 6.43. The predicted molar refractivity (Wildman–Crippen MR) is 64.9 cm³/mol. The molecule has 1 aliphatic rings. The zero-order valence-corrected chi connectivity index (χ0v) is 10.1. The highest BCUT2D eigenvalue weighted by molar-refractivity contribution is 5.78. The number of Topliss-reactive ketones (excluding diaryl/α,β-unsaturated/α-hetero) is 1. The lowest BCUT2D eigenvalue weighted by molar-refractivity contribution is -0.119. The van der Waals surface area contributed by atoms with Crippen molar-refractivity contribution in [2.75, 3.05) is 0 Å². The number of carbonyl (C=O) groups excluding carboxylic acids is 1. The minimum absolute atomic E-state index is 0.454. The molecule has 0 radical (unpaired) electrons. The smallest absolute Gasteiger partial charge is 0.132 e. The van der Waals surface area contributed by atoms with Crippen molar-refractivity contribution in [2.45, 2.75) is 64.7 Å². The second-order valence-electron chi connectivity index (χ2n) is 4.78. The second-order valence-corrected chi connectivity index (χ2v) is 4.78. The Bertz CT molecular complexity index is 217. The number of unbranched alkanes of at least 4 members (excludes halogenated alkanes) is 1. The molecule has 0 spiro atoms. The van der Waals surface area contributed by atoms with Gasteiger partial charge in [0, 0.05) is 12.8 Å². The van der Waals surface area contributed by atoms with Gasteiger partial charge in [0.1, 0.15) is 5.78 Å². The summed E-state index contributed by atoms with van der Waals surface area (Å²) in [7, 11) is 0. The monoisotopic (exact) mass is 208 g/mol. The Hall–Kier alpha value is -0.590. The first-order chi connectivity index (χ1) is 7.24. The highest BCUT2D eigenvalue weighted by Crippen LogP contribution is 2.31. The first-order valence-corrected chi connectivity index (χ1v) is 6.43. The van der Waals surface area contributed by atoms with Gasteiger partial charge < -0.3 is 0 Å². The Morgan fingerprint density at radius 3 is 2.87 bits per heavy atom. The summed E-state index contributed by atoms with van der Waals surface area (Å²) in [6.45, 7) is 6.26. The lowest BCUT2D eigenvalue weighted by Crippen LogP contribution is -2.11. The molecule has 0 aromatic rings. The van der Waals surface area contributed by atoms with Crippen LogP contribution in [0, 0.1) is 5.92 Å². The topological polar surface area (TPSA) is 17.1 Å². The molecule has 1 saturated carbocycles. The highest BCUT2D eigenvalue weighted by Gasteiger charge is 2.17. The van der Waals surface area contributed by atoms with Gasteiger partial charge in [-0.3, -0.25) is 4.79 Å². The van der Waals surface area contributed by atoms with E-state index in [9.17, 15) is 4.79 Å². The maximum Gasteiger partial charge on any atom is 0.132 e.